The van der Waals surface area contributed by atoms with E-state index >= 15 is 4.39 Å². The average molecular weight is 486 g/mol. The lowest BCUT2D eigenvalue weighted by molar-refractivity contribution is -0.137. The monoisotopic (exact) mass is 486 g/mol. The predicted octanol–water partition coefficient (Wildman–Crippen LogP) is 3.59. The maximum Gasteiger partial charge on any atom is 0.417 e. The van der Waals surface area contributed by atoms with E-state index in [1.165, 1.54) is 29.6 Å². The second-order valence-corrected chi connectivity index (χ2v) is 8.96. The molecule has 2 bridgehead atoms. The Hall–Kier alpha value is -3.80. The van der Waals surface area contributed by atoms with E-state index < -0.39 is 29.0 Å². The molecule has 7 rings (SSSR count). The van der Waals surface area contributed by atoms with Crippen LogP contribution in [0.2, 0.25) is 0 Å². The van der Waals surface area contributed by atoms with Crippen molar-refractivity contribution < 1.29 is 27.1 Å². The average Bonchev–Trinajstić information content (AvgIpc) is 3.53. The van der Waals surface area contributed by atoms with Crippen LogP contribution < -0.4 is 5.73 Å². The summed E-state index contributed by atoms with van der Waals surface area (Å²) in [6, 6.07) is 4.67. The van der Waals surface area contributed by atoms with Crippen molar-refractivity contribution in [3.05, 3.63) is 65.6 Å². The number of aromatic nitrogens is 4. The number of nitrogens with zero attached hydrogens (tertiary/aromatic N) is 5. The molecule has 3 aromatic heterocycles. The number of anilines is 1. The number of pyridine rings is 1. The first-order valence-corrected chi connectivity index (χ1v) is 10.8. The zero-order chi connectivity index (χ0) is 24.5. The summed E-state index contributed by atoms with van der Waals surface area (Å²) in [5.41, 5.74) is 5.64. The maximum absolute atomic E-state index is 15.2. The first-order valence-electron chi connectivity index (χ1n) is 10.8. The number of ether oxygens (including phenoxy) is 1. The summed E-state index contributed by atoms with van der Waals surface area (Å²) in [6.45, 7) is 0.175. The summed E-state index contributed by atoms with van der Waals surface area (Å²) in [4.78, 5) is 27.4. The minimum atomic E-state index is -4.52. The number of halogens is 4. The molecule has 35 heavy (non-hydrogen) atoms. The Morgan fingerprint density at radius 2 is 2.03 bits per heavy atom. The van der Waals surface area contributed by atoms with Gasteiger partial charge in [0.2, 0.25) is 0 Å². The first kappa shape index (κ1) is 21.7. The largest absolute Gasteiger partial charge is 0.417 e. The number of nitrogens with two attached hydrogens (primary N) is 1. The Kier molecular flexibility index (Phi) is 4.56. The van der Waals surface area contributed by atoms with Crippen LogP contribution in [0.5, 0.6) is 0 Å². The van der Waals surface area contributed by atoms with Gasteiger partial charge < -0.3 is 15.4 Å². The van der Waals surface area contributed by atoms with Crippen molar-refractivity contribution in [1.82, 2.24) is 24.3 Å². The maximum atomic E-state index is 15.2. The Bertz CT molecular complexity index is 1470. The van der Waals surface area contributed by atoms with Gasteiger partial charge in [-0.15, -0.1) is 0 Å². The highest BCUT2D eigenvalue weighted by Crippen LogP contribution is 2.48. The van der Waals surface area contributed by atoms with Gasteiger partial charge in [0.25, 0.3) is 5.91 Å². The number of hydrogen-bond acceptors (Lipinski definition) is 6. The molecular weight excluding hydrogens is 468 g/mol. The van der Waals surface area contributed by atoms with Crippen LogP contribution >= 0.6 is 0 Å². The Morgan fingerprint density at radius 3 is 2.69 bits per heavy atom. The third kappa shape index (κ3) is 3.39. The van der Waals surface area contributed by atoms with E-state index in [1.54, 1.807) is 4.40 Å². The van der Waals surface area contributed by atoms with Crippen molar-refractivity contribution in [2.75, 3.05) is 12.3 Å². The minimum absolute atomic E-state index is 0.00469. The highest BCUT2D eigenvalue weighted by molar-refractivity contribution is 5.99. The molecule has 0 radical (unpaired) electrons. The van der Waals surface area contributed by atoms with E-state index in [1.807, 2.05) is 0 Å². The van der Waals surface area contributed by atoms with Crippen molar-refractivity contribution >= 4 is 28.3 Å². The number of rotatable bonds is 4. The van der Waals surface area contributed by atoms with E-state index in [0.29, 0.717) is 23.9 Å². The van der Waals surface area contributed by atoms with E-state index in [2.05, 4.69) is 15.0 Å². The first-order chi connectivity index (χ1) is 16.6. The van der Waals surface area contributed by atoms with Crippen LogP contribution in [-0.2, 0) is 17.5 Å². The lowest BCUT2D eigenvalue weighted by Gasteiger charge is -2.45. The van der Waals surface area contributed by atoms with Crippen LogP contribution in [0.3, 0.4) is 0 Å². The van der Waals surface area contributed by atoms with E-state index in [-0.39, 0.29) is 41.8 Å². The van der Waals surface area contributed by atoms with E-state index in [9.17, 15) is 18.0 Å². The van der Waals surface area contributed by atoms with Crippen LogP contribution in [0.1, 0.15) is 34.5 Å². The van der Waals surface area contributed by atoms with Crippen LogP contribution in [0.25, 0.3) is 16.6 Å². The van der Waals surface area contributed by atoms with Gasteiger partial charge in [-0.2, -0.15) is 13.2 Å². The second kappa shape index (κ2) is 7.35. The number of imidazole rings is 1. The van der Waals surface area contributed by atoms with Gasteiger partial charge in [0.1, 0.15) is 17.2 Å². The summed E-state index contributed by atoms with van der Waals surface area (Å²) < 4.78 is 61.3. The molecule has 3 fully saturated rings. The van der Waals surface area contributed by atoms with Gasteiger partial charge >= 0.3 is 6.18 Å². The van der Waals surface area contributed by atoms with Gasteiger partial charge in [0.15, 0.2) is 0 Å². The molecule has 4 aromatic rings. The summed E-state index contributed by atoms with van der Waals surface area (Å²) in [5, 5.41) is 0. The van der Waals surface area contributed by atoms with Gasteiger partial charge in [0.05, 0.1) is 65.2 Å². The fourth-order valence-corrected chi connectivity index (χ4v) is 4.90. The molecule has 2 N–H and O–H groups in total. The quantitative estimate of drug-likeness (QED) is 0.443. The Labute approximate surface area is 195 Å². The van der Waals surface area contributed by atoms with Crippen molar-refractivity contribution in [3.8, 4) is 0 Å². The van der Waals surface area contributed by atoms with E-state index in [0.717, 1.165) is 18.3 Å². The number of nitrogen functional groups attached to an aromatic ring is 1. The van der Waals surface area contributed by atoms with E-state index in [4.69, 9.17) is 10.5 Å². The molecule has 1 amide bonds. The molecule has 3 aliphatic rings. The van der Waals surface area contributed by atoms with Crippen LogP contribution in [0, 0.1) is 5.82 Å². The molecule has 180 valence electrons. The van der Waals surface area contributed by atoms with Crippen molar-refractivity contribution in [2.24, 2.45) is 0 Å². The number of carbonyl (C=O) groups excluding carboxylic acids is 1. The smallest absolute Gasteiger partial charge is 0.382 e. The third-order valence-electron chi connectivity index (χ3n) is 6.79. The summed E-state index contributed by atoms with van der Waals surface area (Å²) in [6.07, 6.45) is 0.350. The van der Waals surface area contributed by atoms with Gasteiger partial charge in [-0.3, -0.25) is 14.2 Å². The van der Waals surface area contributed by atoms with Gasteiger partial charge in [-0.05, 0) is 31.0 Å². The molecule has 0 unspecified atom stereocenters. The highest BCUT2D eigenvalue weighted by atomic mass is 19.4. The fraction of sp³-hybridized carbons (Fsp3) is 0.304. The molecule has 2 aliphatic heterocycles. The molecule has 0 spiro atoms. The van der Waals surface area contributed by atoms with Gasteiger partial charge in [-0.25, -0.2) is 14.4 Å². The summed E-state index contributed by atoms with van der Waals surface area (Å²) in [5.74, 6) is -1.23. The standard InChI is InChI=1S/C23H18F4N6O2/c24-16-4-17-18(32-11-29-8-19(32)20(28)31-17)3-15(16)21(34)33(22-5-14(6-22)35-10-22)9-13-2-1-12(7-30-13)23(25,26)27/h1-4,7-8,11,14H,5-6,9-10H2,(H2,28,31). The summed E-state index contributed by atoms with van der Waals surface area (Å²) >= 11 is 0. The van der Waals surface area contributed by atoms with Crippen molar-refractivity contribution in [1.29, 1.82) is 0 Å². The number of benzene rings is 1. The Balaban J connectivity index is 1.41. The molecule has 12 heteroatoms. The molecule has 1 aromatic carbocycles. The fourth-order valence-electron chi connectivity index (χ4n) is 4.90. The minimum Gasteiger partial charge on any atom is -0.382 e. The number of amides is 1. The van der Waals surface area contributed by atoms with Gasteiger partial charge in [0, 0.05) is 12.3 Å². The highest BCUT2D eigenvalue weighted by Gasteiger charge is 2.57. The number of alkyl halides is 3. The Morgan fingerprint density at radius 1 is 1.23 bits per heavy atom. The van der Waals surface area contributed by atoms with Crippen molar-refractivity contribution in [2.45, 2.75) is 37.2 Å². The summed E-state index contributed by atoms with van der Waals surface area (Å²) in [7, 11) is 0. The van der Waals surface area contributed by atoms with Gasteiger partial charge in [-0.1, -0.05) is 0 Å². The molecule has 5 heterocycles. The lowest BCUT2D eigenvalue weighted by Crippen LogP contribution is -2.57. The third-order valence-corrected chi connectivity index (χ3v) is 6.79. The molecule has 2 saturated heterocycles. The second-order valence-electron chi connectivity index (χ2n) is 8.96. The molecule has 1 aliphatic carbocycles. The van der Waals surface area contributed by atoms with Crippen LogP contribution in [0.15, 0.2) is 43.0 Å². The molecule has 1 saturated carbocycles. The number of hydrogen-bond donors (Lipinski definition) is 1. The lowest BCUT2D eigenvalue weighted by atomic mass is 9.76. The normalized spacial score (nSPS) is 21.4. The van der Waals surface area contributed by atoms with Crippen LogP contribution in [0.4, 0.5) is 23.4 Å². The zero-order valence-electron chi connectivity index (χ0n) is 18.1. The molecule has 0 atom stereocenters. The number of carbonyl (C=O) groups is 1. The van der Waals surface area contributed by atoms with Crippen LogP contribution in [-0.4, -0.2) is 48.4 Å². The molecular formula is C23H18F4N6O2. The number of fused-ring (bicyclic) bond motifs is 4. The predicted molar refractivity (Wildman–Crippen MR) is 116 cm³/mol. The molecule has 8 nitrogen and oxygen atoms in total. The topological polar surface area (TPSA) is 98.6 Å². The SMILES string of the molecule is Nc1nc2cc(F)c(C(=O)N(Cc3ccc(C(F)(F)F)cn3)C34COC(C3)C4)cc2n2cncc12. The van der Waals surface area contributed by atoms with Crippen molar-refractivity contribution in [3.63, 3.8) is 0 Å². The zero-order valence-corrected chi connectivity index (χ0v) is 18.1.